The fourth-order valence-electron chi connectivity index (χ4n) is 2.85. The predicted octanol–water partition coefficient (Wildman–Crippen LogP) is 3.90. The highest BCUT2D eigenvalue weighted by atomic mass is 16.2. The summed E-state index contributed by atoms with van der Waals surface area (Å²) in [5.74, 6) is -0.211. The molecule has 0 saturated heterocycles. The Kier molecular flexibility index (Phi) is 13.8. The number of unbranched alkanes of at least 4 members (excludes halogenated alkanes) is 6. The minimum atomic E-state index is -0.105. The zero-order valence-electron chi connectivity index (χ0n) is 17.6. The molecule has 0 unspecified atom stereocenters. The minimum absolute atomic E-state index is 0.105. The van der Waals surface area contributed by atoms with Crippen molar-refractivity contribution in [3.8, 4) is 0 Å². The normalized spacial score (nSPS) is 10.6. The van der Waals surface area contributed by atoms with E-state index in [2.05, 4.69) is 35.1 Å². The molecule has 2 amide bonds. The lowest BCUT2D eigenvalue weighted by atomic mass is 10.2. The van der Waals surface area contributed by atoms with Crippen molar-refractivity contribution in [2.45, 2.75) is 65.2 Å². The van der Waals surface area contributed by atoms with Gasteiger partial charge in [-0.25, -0.2) is 0 Å². The quantitative estimate of drug-likeness (QED) is 0.323. The monoisotopic (exact) mass is 390 g/mol. The van der Waals surface area contributed by atoms with Crippen LogP contribution in [0.15, 0.2) is 24.3 Å². The molecular formula is C22H38N4O2. The highest BCUT2D eigenvalue weighted by molar-refractivity contribution is 6.00. The van der Waals surface area contributed by atoms with E-state index in [0.717, 1.165) is 25.9 Å². The molecule has 6 heteroatoms. The second-order valence-electron chi connectivity index (χ2n) is 7.12. The van der Waals surface area contributed by atoms with Gasteiger partial charge in [0.15, 0.2) is 0 Å². The molecule has 1 aromatic rings. The molecule has 0 spiro atoms. The fourth-order valence-corrected chi connectivity index (χ4v) is 2.85. The van der Waals surface area contributed by atoms with Crippen molar-refractivity contribution >= 4 is 23.2 Å². The second-order valence-corrected chi connectivity index (χ2v) is 7.12. The Morgan fingerprint density at radius 3 is 1.50 bits per heavy atom. The molecule has 0 atom stereocenters. The molecule has 1 rings (SSSR count). The van der Waals surface area contributed by atoms with Gasteiger partial charge in [0, 0.05) is 0 Å². The van der Waals surface area contributed by atoms with E-state index in [0.29, 0.717) is 11.4 Å². The maximum absolute atomic E-state index is 12.1. The van der Waals surface area contributed by atoms with Crippen LogP contribution in [0.25, 0.3) is 0 Å². The van der Waals surface area contributed by atoms with Crippen LogP contribution >= 0.6 is 0 Å². The minimum Gasteiger partial charge on any atom is -0.323 e. The zero-order chi connectivity index (χ0) is 20.5. The van der Waals surface area contributed by atoms with Crippen LogP contribution in [-0.2, 0) is 9.59 Å². The van der Waals surface area contributed by atoms with E-state index in [4.69, 9.17) is 0 Å². The average Bonchev–Trinajstić information content (AvgIpc) is 2.69. The van der Waals surface area contributed by atoms with Crippen LogP contribution < -0.4 is 21.3 Å². The number of amides is 2. The SMILES string of the molecule is CCCCCCNCC(=O)Nc1ccccc1NC(=O)CNCCCCCC. The van der Waals surface area contributed by atoms with Crippen LogP contribution in [-0.4, -0.2) is 38.0 Å². The van der Waals surface area contributed by atoms with Gasteiger partial charge in [0.1, 0.15) is 0 Å². The largest absolute Gasteiger partial charge is 0.323 e. The first-order chi connectivity index (χ1) is 13.7. The third kappa shape index (κ3) is 11.7. The summed E-state index contributed by atoms with van der Waals surface area (Å²) in [6, 6.07) is 7.28. The molecule has 0 fully saturated rings. The van der Waals surface area contributed by atoms with Gasteiger partial charge < -0.3 is 21.3 Å². The van der Waals surface area contributed by atoms with Gasteiger partial charge >= 0.3 is 0 Å². The highest BCUT2D eigenvalue weighted by Gasteiger charge is 2.09. The summed E-state index contributed by atoms with van der Waals surface area (Å²) in [7, 11) is 0. The Morgan fingerprint density at radius 2 is 1.11 bits per heavy atom. The van der Waals surface area contributed by atoms with Gasteiger partial charge in [-0.3, -0.25) is 9.59 Å². The molecule has 158 valence electrons. The summed E-state index contributed by atoms with van der Waals surface area (Å²) in [4.78, 5) is 24.3. The molecule has 0 heterocycles. The number of carbonyl (C=O) groups excluding carboxylic acids is 2. The Labute approximate surface area is 170 Å². The van der Waals surface area contributed by atoms with Crippen molar-refractivity contribution < 1.29 is 9.59 Å². The van der Waals surface area contributed by atoms with Crippen molar-refractivity contribution in [2.75, 3.05) is 36.8 Å². The molecule has 0 aromatic heterocycles. The lowest BCUT2D eigenvalue weighted by Gasteiger charge is -2.13. The van der Waals surface area contributed by atoms with E-state index in [1.807, 2.05) is 12.1 Å². The summed E-state index contributed by atoms with van der Waals surface area (Å²) in [6.07, 6.45) is 9.41. The van der Waals surface area contributed by atoms with E-state index < -0.39 is 0 Å². The predicted molar refractivity (Wildman–Crippen MR) is 118 cm³/mol. The molecule has 6 nitrogen and oxygen atoms in total. The van der Waals surface area contributed by atoms with Gasteiger partial charge in [-0.05, 0) is 38.1 Å². The number of para-hydroxylation sites is 2. The van der Waals surface area contributed by atoms with E-state index in [9.17, 15) is 9.59 Å². The molecule has 0 aliphatic heterocycles. The summed E-state index contributed by atoms with van der Waals surface area (Å²) < 4.78 is 0. The zero-order valence-corrected chi connectivity index (χ0v) is 17.6. The van der Waals surface area contributed by atoms with E-state index >= 15 is 0 Å². The highest BCUT2D eigenvalue weighted by Crippen LogP contribution is 2.20. The first-order valence-electron chi connectivity index (χ1n) is 10.8. The molecule has 4 N–H and O–H groups in total. The third-order valence-electron chi connectivity index (χ3n) is 4.46. The molecule has 0 aliphatic carbocycles. The number of nitrogens with one attached hydrogen (secondary N) is 4. The number of rotatable bonds is 16. The van der Waals surface area contributed by atoms with Crippen LogP contribution in [0.1, 0.15) is 65.2 Å². The van der Waals surface area contributed by atoms with Gasteiger partial charge in [0.25, 0.3) is 0 Å². The topological polar surface area (TPSA) is 82.3 Å². The Balaban J connectivity index is 2.32. The molecule has 0 bridgehead atoms. The van der Waals surface area contributed by atoms with Crippen LogP contribution in [0, 0.1) is 0 Å². The van der Waals surface area contributed by atoms with Gasteiger partial charge in [0.2, 0.25) is 11.8 Å². The van der Waals surface area contributed by atoms with Gasteiger partial charge in [0.05, 0.1) is 24.5 Å². The summed E-state index contributed by atoms with van der Waals surface area (Å²) in [5.41, 5.74) is 1.24. The maximum atomic E-state index is 12.1. The van der Waals surface area contributed by atoms with Crippen molar-refractivity contribution in [1.82, 2.24) is 10.6 Å². The number of hydrogen-bond acceptors (Lipinski definition) is 4. The number of hydrogen-bond donors (Lipinski definition) is 4. The first-order valence-corrected chi connectivity index (χ1v) is 10.8. The van der Waals surface area contributed by atoms with Crippen LogP contribution in [0.2, 0.25) is 0 Å². The molecule has 0 radical (unpaired) electrons. The van der Waals surface area contributed by atoms with E-state index in [1.165, 1.54) is 38.5 Å². The number of anilines is 2. The molecule has 0 aliphatic rings. The van der Waals surface area contributed by atoms with Gasteiger partial charge in [-0.2, -0.15) is 0 Å². The first kappa shape index (κ1) is 24.1. The van der Waals surface area contributed by atoms with E-state index in [1.54, 1.807) is 12.1 Å². The van der Waals surface area contributed by atoms with Crippen LogP contribution in [0.5, 0.6) is 0 Å². The molecular weight excluding hydrogens is 352 g/mol. The average molecular weight is 391 g/mol. The second kappa shape index (κ2) is 16.1. The Hall–Kier alpha value is -1.92. The van der Waals surface area contributed by atoms with Crippen molar-refractivity contribution in [2.24, 2.45) is 0 Å². The lowest BCUT2D eigenvalue weighted by Crippen LogP contribution is -2.30. The Morgan fingerprint density at radius 1 is 0.679 bits per heavy atom. The lowest BCUT2D eigenvalue weighted by molar-refractivity contribution is -0.116. The molecule has 1 aromatic carbocycles. The van der Waals surface area contributed by atoms with Crippen LogP contribution in [0.3, 0.4) is 0 Å². The molecule has 28 heavy (non-hydrogen) atoms. The smallest absolute Gasteiger partial charge is 0.238 e. The van der Waals surface area contributed by atoms with E-state index in [-0.39, 0.29) is 24.9 Å². The standard InChI is InChI=1S/C22H38N4O2/c1-3-5-7-11-15-23-17-21(27)25-19-13-9-10-14-20(19)26-22(28)18-24-16-12-8-6-4-2/h9-10,13-14,23-24H,3-8,11-12,15-18H2,1-2H3,(H,25,27)(H,26,28). The summed E-state index contributed by atoms with van der Waals surface area (Å²) >= 11 is 0. The fraction of sp³-hybridized carbons (Fsp3) is 0.636. The van der Waals surface area contributed by atoms with Crippen molar-refractivity contribution in [3.05, 3.63) is 24.3 Å². The third-order valence-corrected chi connectivity index (χ3v) is 4.46. The van der Waals surface area contributed by atoms with Gasteiger partial charge in [-0.1, -0.05) is 64.5 Å². The Bertz CT molecular complexity index is 514. The summed E-state index contributed by atoms with van der Waals surface area (Å²) in [5, 5.41) is 12.1. The number of benzene rings is 1. The van der Waals surface area contributed by atoms with Gasteiger partial charge in [-0.15, -0.1) is 0 Å². The summed E-state index contributed by atoms with van der Waals surface area (Å²) in [6.45, 7) is 6.59. The van der Waals surface area contributed by atoms with Crippen LogP contribution in [0.4, 0.5) is 11.4 Å². The number of carbonyl (C=O) groups is 2. The molecule has 0 saturated carbocycles. The van der Waals surface area contributed by atoms with Crippen molar-refractivity contribution in [3.63, 3.8) is 0 Å². The maximum Gasteiger partial charge on any atom is 0.238 e. The van der Waals surface area contributed by atoms with Crippen molar-refractivity contribution in [1.29, 1.82) is 0 Å².